The average molecular weight is 344 g/mol. The van der Waals surface area contributed by atoms with Crippen LogP contribution in [0.1, 0.15) is 25.7 Å². The van der Waals surface area contributed by atoms with E-state index >= 15 is 0 Å². The molecule has 92 valence electrons. The molecule has 3 nitrogen and oxygen atoms in total. The van der Waals surface area contributed by atoms with E-state index in [4.69, 9.17) is 5.73 Å². The number of nitrogens with one attached hydrogen (secondary N) is 1. The molecule has 0 heterocycles. The van der Waals surface area contributed by atoms with Gasteiger partial charge >= 0.3 is 0 Å². The van der Waals surface area contributed by atoms with Crippen molar-refractivity contribution in [1.82, 2.24) is 0 Å². The van der Waals surface area contributed by atoms with Crippen molar-refractivity contribution in [2.45, 2.75) is 31.7 Å². The highest BCUT2D eigenvalue weighted by Crippen LogP contribution is 2.27. The highest BCUT2D eigenvalue weighted by Gasteiger charge is 2.25. The van der Waals surface area contributed by atoms with Gasteiger partial charge in [-0.25, -0.2) is 0 Å². The summed E-state index contributed by atoms with van der Waals surface area (Å²) < 4.78 is 1.12. The third-order valence-corrected chi connectivity index (χ3v) is 3.94. The first-order chi connectivity index (χ1) is 8.15. The first-order valence-electron chi connectivity index (χ1n) is 5.96. The highest BCUT2D eigenvalue weighted by molar-refractivity contribution is 14.1. The Morgan fingerprint density at radius 3 is 2.94 bits per heavy atom. The number of anilines is 1. The van der Waals surface area contributed by atoms with Gasteiger partial charge in [0.25, 0.3) is 0 Å². The Bertz CT molecular complexity index is 408. The largest absolute Gasteiger partial charge is 0.327 e. The third kappa shape index (κ3) is 3.67. The molecule has 0 radical (unpaired) electrons. The molecular weight excluding hydrogens is 327 g/mol. The van der Waals surface area contributed by atoms with E-state index in [0.29, 0.717) is 12.3 Å². The van der Waals surface area contributed by atoms with Gasteiger partial charge in [0.15, 0.2) is 0 Å². The van der Waals surface area contributed by atoms with Crippen molar-refractivity contribution in [3.8, 4) is 0 Å². The van der Waals surface area contributed by atoms with Crippen molar-refractivity contribution in [3.63, 3.8) is 0 Å². The number of halogens is 1. The van der Waals surface area contributed by atoms with Crippen LogP contribution in [-0.2, 0) is 4.79 Å². The van der Waals surface area contributed by atoms with Gasteiger partial charge in [0.2, 0.25) is 5.91 Å². The molecule has 0 unspecified atom stereocenters. The summed E-state index contributed by atoms with van der Waals surface area (Å²) >= 11 is 2.23. The molecule has 0 spiro atoms. The zero-order valence-electron chi connectivity index (χ0n) is 9.66. The molecule has 1 fully saturated rings. The highest BCUT2D eigenvalue weighted by atomic mass is 127. The van der Waals surface area contributed by atoms with Gasteiger partial charge in [-0.15, -0.1) is 0 Å². The van der Waals surface area contributed by atoms with Crippen molar-refractivity contribution in [1.29, 1.82) is 0 Å². The molecular formula is C13H17IN2O. The molecule has 2 rings (SSSR count). The SMILES string of the molecule is N[C@@H]1CCC[C@H]1CC(=O)Nc1cccc(I)c1. The van der Waals surface area contributed by atoms with Crippen LogP contribution in [0.3, 0.4) is 0 Å². The standard InChI is InChI=1S/C13H17IN2O/c14-10-4-2-5-11(8-10)16-13(17)7-9-3-1-6-12(9)15/h2,4-5,8-9,12H,1,3,6-7,15H2,(H,16,17)/t9-,12+/m0/s1. The fourth-order valence-electron chi connectivity index (χ4n) is 2.34. The number of nitrogens with two attached hydrogens (primary N) is 1. The normalized spacial score (nSPS) is 23.6. The van der Waals surface area contributed by atoms with E-state index in [9.17, 15) is 4.79 Å². The molecule has 2 atom stereocenters. The summed E-state index contributed by atoms with van der Waals surface area (Å²) in [6.45, 7) is 0. The minimum atomic E-state index is 0.0781. The van der Waals surface area contributed by atoms with Crippen molar-refractivity contribution < 1.29 is 4.79 Å². The topological polar surface area (TPSA) is 55.1 Å². The zero-order valence-corrected chi connectivity index (χ0v) is 11.8. The van der Waals surface area contributed by atoms with Gasteiger partial charge in [-0.1, -0.05) is 12.5 Å². The average Bonchev–Trinajstić information content (AvgIpc) is 2.64. The molecule has 1 aliphatic carbocycles. The smallest absolute Gasteiger partial charge is 0.224 e. The van der Waals surface area contributed by atoms with Gasteiger partial charge in [-0.3, -0.25) is 4.79 Å². The third-order valence-electron chi connectivity index (χ3n) is 3.27. The van der Waals surface area contributed by atoms with E-state index in [1.807, 2.05) is 24.3 Å². The minimum absolute atomic E-state index is 0.0781. The second-order valence-electron chi connectivity index (χ2n) is 4.62. The van der Waals surface area contributed by atoms with Gasteiger partial charge in [0.05, 0.1) is 0 Å². The van der Waals surface area contributed by atoms with Crippen molar-refractivity contribution >= 4 is 34.2 Å². The molecule has 0 bridgehead atoms. The quantitative estimate of drug-likeness (QED) is 0.829. The van der Waals surface area contributed by atoms with E-state index in [2.05, 4.69) is 27.9 Å². The number of rotatable bonds is 3. The monoisotopic (exact) mass is 344 g/mol. The Balaban J connectivity index is 1.89. The molecule has 0 aliphatic heterocycles. The zero-order chi connectivity index (χ0) is 12.3. The number of carbonyl (C=O) groups is 1. The number of carbonyl (C=O) groups excluding carboxylic acids is 1. The Hall–Kier alpha value is -0.620. The van der Waals surface area contributed by atoms with Crippen molar-refractivity contribution in [2.24, 2.45) is 11.7 Å². The summed E-state index contributed by atoms with van der Waals surface area (Å²) in [5.74, 6) is 0.437. The van der Waals surface area contributed by atoms with Gasteiger partial charge < -0.3 is 11.1 Å². The van der Waals surface area contributed by atoms with Crippen LogP contribution in [0.15, 0.2) is 24.3 Å². The molecule has 1 aromatic carbocycles. The van der Waals surface area contributed by atoms with Crippen LogP contribution >= 0.6 is 22.6 Å². The number of benzene rings is 1. The summed E-state index contributed by atoms with van der Waals surface area (Å²) in [6.07, 6.45) is 3.84. The molecule has 17 heavy (non-hydrogen) atoms. The summed E-state index contributed by atoms with van der Waals surface area (Å²) in [5.41, 5.74) is 6.83. The lowest BCUT2D eigenvalue weighted by Crippen LogP contribution is -2.28. The lowest BCUT2D eigenvalue weighted by atomic mass is 10.00. The fourth-order valence-corrected chi connectivity index (χ4v) is 2.88. The molecule has 0 saturated heterocycles. The predicted molar refractivity (Wildman–Crippen MR) is 77.7 cm³/mol. The first kappa shape index (κ1) is 12.8. The van der Waals surface area contributed by atoms with Gasteiger partial charge in [-0.05, 0) is 59.5 Å². The minimum Gasteiger partial charge on any atom is -0.327 e. The Morgan fingerprint density at radius 2 is 2.29 bits per heavy atom. The number of hydrogen-bond donors (Lipinski definition) is 2. The summed E-state index contributed by atoms with van der Waals surface area (Å²) in [5, 5.41) is 2.93. The van der Waals surface area contributed by atoms with E-state index in [-0.39, 0.29) is 11.9 Å². The summed E-state index contributed by atoms with van der Waals surface area (Å²) in [6, 6.07) is 8.03. The van der Waals surface area contributed by atoms with Crippen molar-refractivity contribution in [2.75, 3.05) is 5.32 Å². The van der Waals surface area contributed by atoms with Crippen LogP contribution in [0.25, 0.3) is 0 Å². The first-order valence-corrected chi connectivity index (χ1v) is 7.04. The maximum atomic E-state index is 11.9. The van der Waals surface area contributed by atoms with E-state index in [1.165, 1.54) is 0 Å². The number of amides is 1. The van der Waals surface area contributed by atoms with Crippen LogP contribution in [0, 0.1) is 9.49 Å². The maximum absolute atomic E-state index is 11.9. The lowest BCUT2D eigenvalue weighted by molar-refractivity contribution is -0.117. The maximum Gasteiger partial charge on any atom is 0.224 e. The van der Waals surface area contributed by atoms with Gasteiger partial charge in [-0.2, -0.15) is 0 Å². The second kappa shape index (κ2) is 5.82. The molecule has 3 N–H and O–H groups in total. The Labute approximate surface area is 115 Å². The van der Waals surface area contributed by atoms with Crippen LogP contribution in [0.5, 0.6) is 0 Å². The molecule has 0 aromatic heterocycles. The van der Waals surface area contributed by atoms with Gasteiger partial charge in [0, 0.05) is 21.7 Å². The summed E-state index contributed by atoms with van der Waals surface area (Å²) in [4.78, 5) is 11.9. The predicted octanol–water partition coefficient (Wildman–Crippen LogP) is 2.75. The fraction of sp³-hybridized carbons (Fsp3) is 0.462. The Kier molecular flexibility index (Phi) is 4.39. The molecule has 1 aromatic rings. The van der Waals surface area contributed by atoms with E-state index in [0.717, 1.165) is 28.5 Å². The van der Waals surface area contributed by atoms with E-state index in [1.54, 1.807) is 0 Å². The van der Waals surface area contributed by atoms with Crippen LogP contribution < -0.4 is 11.1 Å². The second-order valence-corrected chi connectivity index (χ2v) is 5.86. The van der Waals surface area contributed by atoms with Crippen molar-refractivity contribution in [3.05, 3.63) is 27.8 Å². The summed E-state index contributed by atoms with van der Waals surface area (Å²) in [7, 11) is 0. The van der Waals surface area contributed by atoms with Crippen LogP contribution in [-0.4, -0.2) is 11.9 Å². The number of hydrogen-bond acceptors (Lipinski definition) is 2. The lowest BCUT2D eigenvalue weighted by Gasteiger charge is -2.14. The molecule has 1 saturated carbocycles. The van der Waals surface area contributed by atoms with E-state index < -0.39 is 0 Å². The molecule has 1 aliphatic rings. The van der Waals surface area contributed by atoms with Gasteiger partial charge in [0.1, 0.15) is 0 Å². The molecule has 4 heteroatoms. The Morgan fingerprint density at radius 1 is 1.47 bits per heavy atom. The molecule has 1 amide bonds. The van der Waals surface area contributed by atoms with Crippen LogP contribution in [0.2, 0.25) is 0 Å². The van der Waals surface area contributed by atoms with Crippen LogP contribution in [0.4, 0.5) is 5.69 Å².